The fourth-order valence-corrected chi connectivity index (χ4v) is 4.16. The maximum Gasteiger partial charge on any atom is 0.241 e. The summed E-state index contributed by atoms with van der Waals surface area (Å²) in [7, 11) is -1.67. The fourth-order valence-electron chi connectivity index (χ4n) is 1.94. The van der Waals surface area contributed by atoms with E-state index < -0.39 is 10.0 Å². The quantitative estimate of drug-likeness (QED) is 0.802. The molecular formula is C13H18N4O2S2. The second-order valence-corrected chi connectivity index (χ2v) is 7.97. The maximum atomic E-state index is 12.2. The van der Waals surface area contributed by atoms with Gasteiger partial charge in [0.05, 0.1) is 17.1 Å². The Morgan fingerprint density at radius 1 is 1.43 bits per heavy atom. The van der Waals surface area contributed by atoms with Gasteiger partial charge in [0, 0.05) is 36.1 Å². The molecule has 0 atom stereocenters. The fraction of sp³-hybridized carbons (Fsp3) is 0.462. The van der Waals surface area contributed by atoms with Crippen LogP contribution in [0.15, 0.2) is 28.6 Å². The van der Waals surface area contributed by atoms with Gasteiger partial charge in [0.15, 0.2) is 0 Å². The number of hydrogen-bond donors (Lipinski definition) is 2. The van der Waals surface area contributed by atoms with Gasteiger partial charge in [-0.05, 0) is 25.0 Å². The summed E-state index contributed by atoms with van der Waals surface area (Å²) < 4.78 is 28.7. The molecule has 0 radical (unpaired) electrons. The lowest BCUT2D eigenvalue weighted by Gasteiger charge is -2.03. The molecule has 1 fully saturated rings. The van der Waals surface area contributed by atoms with E-state index in [0.717, 1.165) is 11.4 Å². The van der Waals surface area contributed by atoms with Gasteiger partial charge < -0.3 is 5.32 Å². The first-order valence-electron chi connectivity index (χ1n) is 6.82. The third-order valence-electron chi connectivity index (χ3n) is 3.29. The highest BCUT2D eigenvalue weighted by atomic mass is 32.2. The van der Waals surface area contributed by atoms with Crippen LogP contribution in [0.5, 0.6) is 0 Å². The SMILES string of the molecule is Cn1ccc(CNS(=O)(=O)c2csc(CNC3CC3)c2)n1. The molecule has 0 bridgehead atoms. The van der Waals surface area contributed by atoms with Crippen molar-refractivity contribution in [1.29, 1.82) is 0 Å². The first kappa shape index (κ1) is 14.7. The smallest absolute Gasteiger partial charge is 0.241 e. The van der Waals surface area contributed by atoms with Gasteiger partial charge in [0.2, 0.25) is 10.0 Å². The molecule has 0 saturated heterocycles. The van der Waals surface area contributed by atoms with Crippen LogP contribution in [0.25, 0.3) is 0 Å². The highest BCUT2D eigenvalue weighted by Gasteiger charge is 2.21. The molecule has 2 aromatic heterocycles. The molecule has 0 aliphatic heterocycles. The van der Waals surface area contributed by atoms with Gasteiger partial charge in [0.25, 0.3) is 0 Å². The van der Waals surface area contributed by atoms with Crippen LogP contribution in [0.1, 0.15) is 23.4 Å². The van der Waals surface area contributed by atoms with Gasteiger partial charge >= 0.3 is 0 Å². The first-order valence-corrected chi connectivity index (χ1v) is 9.18. The van der Waals surface area contributed by atoms with Gasteiger partial charge in [-0.15, -0.1) is 11.3 Å². The Kier molecular flexibility index (Phi) is 4.12. The Morgan fingerprint density at radius 3 is 2.90 bits per heavy atom. The summed E-state index contributed by atoms with van der Waals surface area (Å²) in [6.07, 6.45) is 4.24. The lowest BCUT2D eigenvalue weighted by atomic mass is 10.4. The molecule has 2 N–H and O–H groups in total. The van der Waals surface area contributed by atoms with Crippen LogP contribution in [0.2, 0.25) is 0 Å². The molecule has 2 aromatic rings. The molecule has 1 aliphatic rings. The van der Waals surface area contributed by atoms with Crippen molar-refractivity contribution in [1.82, 2.24) is 19.8 Å². The van der Waals surface area contributed by atoms with E-state index in [-0.39, 0.29) is 6.54 Å². The maximum absolute atomic E-state index is 12.2. The Balaban J connectivity index is 1.60. The summed E-state index contributed by atoms with van der Waals surface area (Å²) in [5.74, 6) is 0. The van der Waals surface area contributed by atoms with Crippen molar-refractivity contribution in [3.05, 3.63) is 34.3 Å². The van der Waals surface area contributed by atoms with E-state index in [1.807, 2.05) is 0 Å². The zero-order valence-electron chi connectivity index (χ0n) is 11.7. The molecule has 0 unspecified atom stereocenters. The minimum Gasteiger partial charge on any atom is -0.309 e. The molecule has 2 heterocycles. The van der Waals surface area contributed by atoms with Gasteiger partial charge in [-0.25, -0.2) is 13.1 Å². The van der Waals surface area contributed by atoms with Crippen LogP contribution in [-0.2, 0) is 30.2 Å². The lowest BCUT2D eigenvalue weighted by molar-refractivity contribution is 0.579. The van der Waals surface area contributed by atoms with Crippen LogP contribution in [0.4, 0.5) is 0 Å². The monoisotopic (exact) mass is 326 g/mol. The molecule has 0 aromatic carbocycles. The van der Waals surface area contributed by atoms with E-state index in [1.54, 1.807) is 35.4 Å². The third-order valence-corrected chi connectivity index (χ3v) is 5.76. The van der Waals surface area contributed by atoms with Gasteiger partial charge in [-0.1, -0.05) is 0 Å². The zero-order chi connectivity index (χ0) is 14.9. The number of aromatic nitrogens is 2. The van der Waals surface area contributed by atoms with E-state index >= 15 is 0 Å². The van der Waals surface area contributed by atoms with Crippen molar-refractivity contribution in [3.63, 3.8) is 0 Å². The first-order chi connectivity index (χ1) is 10.0. The minimum absolute atomic E-state index is 0.203. The average Bonchev–Trinajstić information content (AvgIpc) is 2.97. The summed E-state index contributed by atoms with van der Waals surface area (Å²) >= 11 is 1.47. The summed E-state index contributed by atoms with van der Waals surface area (Å²) in [6.45, 7) is 0.944. The summed E-state index contributed by atoms with van der Waals surface area (Å²) in [6, 6.07) is 4.15. The van der Waals surface area contributed by atoms with Crippen LogP contribution in [-0.4, -0.2) is 24.2 Å². The molecule has 1 aliphatic carbocycles. The number of nitrogens with zero attached hydrogens (tertiary/aromatic N) is 2. The van der Waals surface area contributed by atoms with Crippen molar-refractivity contribution in [3.8, 4) is 0 Å². The normalized spacial score (nSPS) is 15.5. The van der Waals surface area contributed by atoms with E-state index in [1.165, 1.54) is 24.2 Å². The molecule has 114 valence electrons. The molecule has 6 nitrogen and oxygen atoms in total. The number of hydrogen-bond acceptors (Lipinski definition) is 5. The summed E-state index contributed by atoms with van der Waals surface area (Å²) in [5.41, 5.74) is 0.701. The van der Waals surface area contributed by atoms with E-state index in [9.17, 15) is 8.42 Å². The second-order valence-electron chi connectivity index (χ2n) is 5.21. The topological polar surface area (TPSA) is 76.0 Å². The predicted molar refractivity (Wildman–Crippen MR) is 81.4 cm³/mol. The van der Waals surface area contributed by atoms with Crippen molar-refractivity contribution in [2.45, 2.75) is 36.9 Å². The number of aryl methyl sites for hydroxylation is 1. The molecule has 0 amide bonds. The lowest BCUT2D eigenvalue weighted by Crippen LogP contribution is -2.23. The predicted octanol–water partition coefficient (Wildman–Crippen LogP) is 1.21. The third kappa shape index (κ3) is 3.91. The molecule has 3 rings (SSSR count). The Bertz CT molecular complexity index is 716. The van der Waals surface area contributed by atoms with Gasteiger partial charge in [-0.2, -0.15) is 5.10 Å². The molecule has 21 heavy (non-hydrogen) atoms. The number of nitrogens with one attached hydrogen (secondary N) is 2. The van der Waals surface area contributed by atoms with Crippen LogP contribution < -0.4 is 10.0 Å². The van der Waals surface area contributed by atoms with E-state index in [2.05, 4.69) is 15.1 Å². The van der Waals surface area contributed by atoms with Gasteiger partial charge in [-0.3, -0.25) is 4.68 Å². The summed E-state index contributed by atoms with van der Waals surface area (Å²) in [5, 5.41) is 9.22. The molecule has 1 saturated carbocycles. The van der Waals surface area contributed by atoms with Crippen molar-refractivity contribution in [2.75, 3.05) is 0 Å². The van der Waals surface area contributed by atoms with Crippen molar-refractivity contribution in [2.24, 2.45) is 7.05 Å². The Labute approximate surface area is 128 Å². The standard InChI is InChI=1S/C13H18N4O2S2/c1-17-5-4-11(16-17)7-15-21(18,19)13-6-12(20-9-13)8-14-10-2-3-10/h4-6,9-10,14-15H,2-3,7-8H2,1H3. The number of rotatable bonds is 7. The van der Waals surface area contributed by atoms with E-state index in [0.29, 0.717) is 16.6 Å². The minimum atomic E-state index is -3.47. The largest absolute Gasteiger partial charge is 0.309 e. The molecular weight excluding hydrogens is 308 g/mol. The highest BCUT2D eigenvalue weighted by Crippen LogP contribution is 2.23. The zero-order valence-corrected chi connectivity index (χ0v) is 13.4. The number of sulfonamides is 1. The Morgan fingerprint density at radius 2 is 2.24 bits per heavy atom. The van der Waals surface area contributed by atoms with Crippen LogP contribution in [0.3, 0.4) is 0 Å². The van der Waals surface area contributed by atoms with Gasteiger partial charge in [0.1, 0.15) is 0 Å². The highest BCUT2D eigenvalue weighted by molar-refractivity contribution is 7.89. The van der Waals surface area contributed by atoms with Crippen molar-refractivity contribution < 1.29 is 8.42 Å². The average molecular weight is 326 g/mol. The van der Waals surface area contributed by atoms with Crippen molar-refractivity contribution >= 4 is 21.4 Å². The van der Waals surface area contributed by atoms with Crippen LogP contribution >= 0.6 is 11.3 Å². The van der Waals surface area contributed by atoms with E-state index in [4.69, 9.17) is 0 Å². The second kappa shape index (κ2) is 5.88. The number of thiophene rings is 1. The molecule has 8 heteroatoms. The van der Waals surface area contributed by atoms with Crippen LogP contribution in [0, 0.1) is 0 Å². The molecule has 0 spiro atoms. The Hall–Kier alpha value is -1.22. The summed E-state index contributed by atoms with van der Waals surface area (Å²) in [4.78, 5) is 1.37.